The summed E-state index contributed by atoms with van der Waals surface area (Å²) in [4.78, 5) is 0. The maximum absolute atomic E-state index is 12.1. The van der Waals surface area contributed by atoms with Crippen molar-refractivity contribution in [3.8, 4) is 0 Å². The molecule has 0 radical (unpaired) electrons. The minimum absolute atomic E-state index is 0.156. The van der Waals surface area contributed by atoms with Gasteiger partial charge in [0.2, 0.25) is 0 Å². The van der Waals surface area contributed by atoms with Crippen molar-refractivity contribution in [1.82, 2.24) is 0 Å². The van der Waals surface area contributed by atoms with E-state index in [1.807, 2.05) is 19.1 Å². The third kappa shape index (κ3) is 3.34. The summed E-state index contributed by atoms with van der Waals surface area (Å²) in [6.07, 6.45) is 0.914. The van der Waals surface area contributed by atoms with Crippen LogP contribution in [0.2, 0.25) is 0 Å². The van der Waals surface area contributed by atoms with Crippen LogP contribution in [0.1, 0.15) is 18.1 Å². The fraction of sp³-hybridized carbons (Fsp3) is 0.231. The average molecular weight is 297 g/mol. The van der Waals surface area contributed by atoms with Crippen LogP contribution in [0.5, 0.6) is 0 Å². The van der Waals surface area contributed by atoms with Crippen LogP contribution in [-0.2, 0) is 23.1 Å². The lowest BCUT2D eigenvalue weighted by molar-refractivity contribution is 0.282. The summed E-state index contributed by atoms with van der Waals surface area (Å²) in [5, 5.41) is 10.6. The number of aliphatic hydroxyl groups is 1. The van der Waals surface area contributed by atoms with Crippen LogP contribution < -0.4 is 4.72 Å². The Hall–Kier alpha value is -1.37. The predicted octanol–water partition coefficient (Wildman–Crippen LogP) is 2.60. The van der Waals surface area contributed by atoms with Gasteiger partial charge in [0, 0.05) is 5.69 Å². The molecular weight excluding hydrogens is 282 g/mol. The number of aliphatic hydroxyl groups excluding tert-OH is 1. The van der Waals surface area contributed by atoms with Gasteiger partial charge in [-0.2, -0.15) is 0 Å². The molecule has 102 valence electrons. The zero-order valence-corrected chi connectivity index (χ0v) is 12.1. The van der Waals surface area contributed by atoms with E-state index >= 15 is 0 Å². The standard InChI is InChI=1S/C13H15NO3S2/c1-2-10-3-5-12(6-4-10)14-19(16,17)13-7-11(8-15)9-18-13/h3-7,9,14-15H,2,8H2,1H3. The second-order valence-electron chi connectivity index (χ2n) is 4.09. The van der Waals surface area contributed by atoms with Crippen LogP contribution in [0.4, 0.5) is 5.69 Å². The summed E-state index contributed by atoms with van der Waals surface area (Å²) >= 11 is 1.10. The number of hydrogen-bond donors (Lipinski definition) is 2. The highest BCUT2D eigenvalue weighted by Crippen LogP contribution is 2.23. The van der Waals surface area contributed by atoms with Crippen molar-refractivity contribution in [1.29, 1.82) is 0 Å². The molecule has 0 spiro atoms. The molecule has 4 nitrogen and oxygen atoms in total. The van der Waals surface area contributed by atoms with Crippen molar-refractivity contribution in [3.63, 3.8) is 0 Å². The summed E-state index contributed by atoms with van der Waals surface area (Å²) in [6, 6.07) is 8.76. The van der Waals surface area contributed by atoms with Crippen molar-refractivity contribution in [3.05, 3.63) is 46.8 Å². The van der Waals surface area contributed by atoms with Gasteiger partial charge in [0.15, 0.2) is 0 Å². The van der Waals surface area contributed by atoms with Crippen LogP contribution in [0.15, 0.2) is 39.9 Å². The summed E-state index contributed by atoms with van der Waals surface area (Å²) in [6.45, 7) is 1.89. The van der Waals surface area contributed by atoms with Crippen molar-refractivity contribution in [2.45, 2.75) is 24.2 Å². The molecule has 1 aromatic heterocycles. The Morgan fingerprint density at radius 3 is 2.42 bits per heavy atom. The number of thiophene rings is 1. The molecule has 0 saturated carbocycles. The first-order chi connectivity index (χ1) is 9.05. The molecule has 0 saturated heterocycles. The Labute approximate surface area is 116 Å². The van der Waals surface area contributed by atoms with Crippen molar-refractivity contribution >= 4 is 27.0 Å². The van der Waals surface area contributed by atoms with Gasteiger partial charge in [-0.3, -0.25) is 4.72 Å². The molecule has 0 aliphatic carbocycles. The highest BCUT2D eigenvalue weighted by Gasteiger charge is 2.16. The molecule has 0 aliphatic rings. The second-order valence-corrected chi connectivity index (χ2v) is 6.91. The van der Waals surface area contributed by atoms with Crippen LogP contribution in [0.3, 0.4) is 0 Å². The molecule has 0 fully saturated rings. The first-order valence-electron chi connectivity index (χ1n) is 5.85. The van der Waals surface area contributed by atoms with Crippen LogP contribution in [0, 0.1) is 0 Å². The molecule has 6 heteroatoms. The van der Waals surface area contributed by atoms with Crippen molar-refractivity contribution < 1.29 is 13.5 Å². The van der Waals surface area contributed by atoms with Crippen molar-refractivity contribution in [2.75, 3.05) is 4.72 Å². The predicted molar refractivity (Wildman–Crippen MR) is 76.9 cm³/mol. The molecule has 0 unspecified atom stereocenters. The minimum atomic E-state index is -3.56. The normalized spacial score (nSPS) is 11.5. The van der Waals surface area contributed by atoms with E-state index < -0.39 is 10.0 Å². The van der Waals surface area contributed by atoms with Crippen LogP contribution >= 0.6 is 11.3 Å². The highest BCUT2D eigenvalue weighted by molar-refractivity contribution is 7.94. The first-order valence-corrected chi connectivity index (χ1v) is 8.21. The monoisotopic (exact) mass is 297 g/mol. The Morgan fingerprint density at radius 1 is 1.21 bits per heavy atom. The van der Waals surface area contributed by atoms with Gasteiger partial charge in [-0.1, -0.05) is 19.1 Å². The molecule has 2 rings (SSSR count). The van der Waals surface area contributed by atoms with E-state index in [4.69, 9.17) is 5.11 Å². The average Bonchev–Trinajstić information content (AvgIpc) is 2.89. The molecule has 1 heterocycles. The SMILES string of the molecule is CCc1ccc(NS(=O)(=O)c2cc(CO)cs2)cc1. The number of aryl methyl sites for hydroxylation is 1. The number of benzene rings is 1. The summed E-state index contributed by atoms with van der Waals surface area (Å²) < 4.78 is 26.9. The van der Waals surface area contributed by atoms with E-state index in [1.165, 1.54) is 6.07 Å². The minimum Gasteiger partial charge on any atom is -0.392 e. The topological polar surface area (TPSA) is 66.4 Å². The molecule has 2 aromatic rings. The zero-order valence-electron chi connectivity index (χ0n) is 10.5. The largest absolute Gasteiger partial charge is 0.392 e. The van der Waals surface area contributed by atoms with Gasteiger partial charge < -0.3 is 5.11 Å². The summed E-state index contributed by atoms with van der Waals surface area (Å²) in [5.41, 5.74) is 2.30. The lowest BCUT2D eigenvalue weighted by Crippen LogP contribution is -2.11. The Bertz CT molecular complexity index is 645. The van der Waals surface area contributed by atoms with Crippen LogP contribution in [0.25, 0.3) is 0 Å². The fourth-order valence-electron chi connectivity index (χ4n) is 1.59. The number of rotatable bonds is 5. The maximum atomic E-state index is 12.1. The van der Waals surface area contributed by atoms with Gasteiger partial charge in [-0.05, 0) is 41.1 Å². The van der Waals surface area contributed by atoms with Gasteiger partial charge in [-0.15, -0.1) is 11.3 Å². The van der Waals surface area contributed by atoms with Gasteiger partial charge in [0.25, 0.3) is 10.0 Å². The van der Waals surface area contributed by atoms with E-state index in [1.54, 1.807) is 17.5 Å². The Morgan fingerprint density at radius 2 is 1.89 bits per heavy atom. The van der Waals surface area contributed by atoms with E-state index in [0.29, 0.717) is 11.3 Å². The molecule has 19 heavy (non-hydrogen) atoms. The highest BCUT2D eigenvalue weighted by atomic mass is 32.2. The van der Waals surface area contributed by atoms with Gasteiger partial charge >= 0.3 is 0 Å². The fourth-order valence-corrected chi connectivity index (χ4v) is 3.85. The Balaban J connectivity index is 2.20. The molecule has 1 aromatic carbocycles. The maximum Gasteiger partial charge on any atom is 0.271 e. The molecule has 0 bridgehead atoms. The van der Waals surface area contributed by atoms with E-state index in [0.717, 1.165) is 23.3 Å². The third-order valence-corrected chi connectivity index (χ3v) is 5.56. The molecule has 0 atom stereocenters. The quantitative estimate of drug-likeness (QED) is 0.891. The molecule has 2 N–H and O–H groups in total. The zero-order chi connectivity index (χ0) is 13.9. The van der Waals surface area contributed by atoms with E-state index in [-0.39, 0.29) is 10.8 Å². The number of sulfonamides is 1. The lowest BCUT2D eigenvalue weighted by Gasteiger charge is -2.06. The van der Waals surface area contributed by atoms with Gasteiger partial charge in [0.05, 0.1) is 6.61 Å². The van der Waals surface area contributed by atoms with Crippen molar-refractivity contribution in [2.24, 2.45) is 0 Å². The molecule has 0 amide bonds. The van der Waals surface area contributed by atoms with E-state index in [2.05, 4.69) is 4.72 Å². The van der Waals surface area contributed by atoms with E-state index in [9.17, 15) is 8.42 Å². The third-order valence-electron chi connectivity index (χ3n) is 2.69. The first kappa shape index (κ1) is 14.0. The second kappa shape index (κ2) is 5.73. The Kier molecular flexibility index (Phi) is 4.24. The van der Waals surface area contributed by atoms with Crippen LogP contribution in [-0.4, -0.2) is 13.5 Å². The van der Waals surface area contributed by atoms with Gasteiger partial charge in [0.1, 0.15) is 4.21 Å². The number of nitrogens with one attached hydrogen (secondary N) is 1. The van der Waals surface area contributed by atoms with Gasteiger partial charge in [-0.25, -0.2) is 8.42 Å². The smallest absolute Gasteiger partial charge is 0.271 e. The molecule has 0 aliphatic heterocycles. The number of anilines is 1. The lowest BCUT2D eigenvalue weighted by atomic mass is 10.2. The molecular formula is C13H15NO3S2. The summed E-state index contributed by atoms with van der Waals surface area (Å²) in [7, 11) is -3.56. The summed E-state index contributed by atoms with van der Waals surface area (Å²) in [5.74, 6) is 0. The number of hydrogen-bond acceptors (Lipinski definition) is 4.